The summed E-state index contributed by atoms with van der Waals surface area (Å²) in [6.45, 7) is 1.62. The largest absolute Gasteiger partial charge is 0.489 e. The highest BCUT2D eigenvalue weighted by atomic mass is 16.5. The average Bonchev–Trinajstić information content (AvgIpc) is 2.60. The second-order valence-corrected chi connectivity index (χ2v) is 5.55. The van der Waals surface area contributed by atoms with Crippen LogP contribution in [0.15, 0.2) is 18.2 Å². The number of rotatable bonds is 1. The van der Waals surface area contributed by atoms with Crippen LogP contribution in [0, 0.1) is 11.8 Å². The molecule has 6 nitrogen and oxygen atoms in total. The van der Waals surface area contributed by atoms with Crippen LogP contribution in [0.25, 0.3) is 0 Å². The molecule has 0 bridgehead atoms. The van der Waals surface area contributed by atoms with Crippen molar-refractivity contribution < 1.29 is 14.3 Å². The number of nitrogens with zero attached hydrogens (tertiary/aromatic N) is 1. The fraction of sp³-hybridized carbons (Fsp3) is 0.438. The Bertz CT molecular complexity index is 653. The first-order chi connectivity index (χ1) is 10.5. The second-order valence-electron chi connectivity index (χ2n) is 5.55. The minimum Gasteiger partial charge on any atom is -0.489 e. The maximum absolute atomic E-state index is 12.1. The number of amides is 1. The molecule has 0 aromatic heterocycles. The number of ether oxygens (including phenoxy) is 2. The number of methoxy groups -OCH3 is 1. The molecule has 0 aliphatic carbocycles. The van der Waals surface area contributed by atoms with Gasteiger partial charge in [0.2, 0.25) is 5.91 Å². The molecule has 1 amide bonds. The molecule has 6 heteroatoms. The van der Waals surface area contributed by atoms with E-state index in [2.05, 4.69) is 17.2 Å². The standard InChI is InChI=1S/C16H19N3O3/c1-19-13-7-11(5-6-16(21-2)9-18-10-16)3-4-14(13)22-8-12(17)15(19)20/h3-4,7,12,18H,8-10,17H2,1-2H3. The minimum atomic E-state index is -0.648. The first-order valence-electron chi connectivity index (χ1n) is 7.14. The topological polar surface area (TPSA) is 76.8 Å². The maximum Gasteiger partial charge on any atom is 0.247 e. The summed E-state index contributed by atoms with van der Waals surface area (Å²) in [6, 6.07) is 4.88. The smallest absolute Gasteiger partial charge is 0.247 e. The number of anilines is 1. The van der Waals surface area contributed by atoms with E-state index >= 15 is 0 Å². The van der Waals surface area contributed by atoms with E-state index in [1.165, 1.54) is 4.90 Å². The molecule has 1 fully saturated rings. The van der Waals surface area contributed by atoms with E-state index in [0.717, 1.165) is 18.7 Å². The predicted molar refractivity (Wildman–Crippen MR) is 82.8 cm³/mol. The van der Waals surface area contributed by atoms with E-state index in [1.54, 1.807) is 14.2 Å². The van der Waals surface area contributed by atoms with Crippen molar-refractivity contribution in [2.45, 2.75) is 11.6 Å². The number of carbonyl (C=O) groups is 1. The number of likely N-dealkylation sites (N-methyl/N-ethyl adjacent to an activating group) is 1. The number of hydrogen-bond donors (Lipinski definition) is 2. The van der Waals surface area contributed by atoms with Crippen molar-refractivity contribution in [3.8, 4) is 17.6 Å². The van der Waals surface area contributed by atoms with Crippen LogP contribution in [0.3, 0.4) is 0 Å². The van der Waals surface area contributed by atoms with E-state index in [1.807, 2.05) is 18.2 Å². The number of benzene rings is 1. The molecule has 3 N–H and O–H groups in total. The minimum absolute atomic E-state index is 0.166. The van der Waals surface area contributed by atoms with Crippen LogP contribution >= 0.6 is 0 Å². The van der Waals surface area contributed by atoms with Crippen LogP contribution in [0.5, 0.6) is 5.75 Å². The van der Waals surface area contributed by atoms with Crippen LogP contribution in [-0.4, -0.2) is 51.4 Å². The summed E-state index contributed by atoms with van der Waals surface area (Å²) in [5.74, 6) is 6.74. The third kappa shape index (κ3) is 2.55. The monoisotopic (exact) mass is 301 g/mol. The fourth-order valence-electron chi connectivity index (χ4n) is 2.42. The molecule has 1 aromatic carbocycles. The molecule has 2 heterocycles. The number of nitrogens with one attached hydrogen (secondary N) is 1. The second kappa shape index (κ2) is 5.61. The summed E-state index contributed by atoms with van der Waals surface area (Å²) in [7, 11) is 3.35. The lowest BCUT2D eigenvalue weighted by Gasteiger charge is -2.36. The lowest BCUT2D eigenvalue weighted by Crippen LogP contribution is -2.59. The van der Waals surface area contributed by atoms with Crippen molar-refractivity contribution in [2.75, 3.05) is 38.8 Å². The van der Waals surface area contributed by atoms with Gasteiger partial charge in [0.05, 0.1) is 5.69 Å². The molecule has 116 valence electrons. The number of carbonyl (C=O) groups excluding carboxylic acids is 1. The fourth-order valence-corrected chi connectivity index (χ4v) is 2.42. The molecular formula is C16H19N3O3. The van der Waals surface area contributed by atoms with Crippen LogP contribution in [0.4, 0.5) is 5.69 Å². The Balaban J connectivity index is 1.91. The normalized spacial score (nSPS) is 22.6. The summed E-state index contributed by atoms with van der Waals surface area (Å²) < 4.78 is 11.0. The van der Waals surface area contributed by atoms with Crippen LogP contribution in [0.1, 0.15) is 5.56 Å². The average molecular weight is 301 g/mol. The SMILES string of the molecule is COC1(C#Cc2ccc3c(c2)N(C)C(=O)C(N)CO3)CNC1. The first kappa shape index (κ1) is 14.9. The van der Waals surface area contributed by atoms with Gasteiger partial charge in [0.1, 0.15) is 18.4 Å². The van der Waals surface area contributed by atoms with Gasteiger partial charge in [-0.05, 0) is 18.2 Å². The van der Waals surface area contributed by atoms with Gasteiger partial charge in [0.15, 0.2) is 5.60 Å². The first-order valence-corrected chi connectivity index (χ1v) is 7.14. The molecule has 3 rings (SSSR count). The summed E-state index contributed by atoms with van der Waals surface area (Å²) in [5.41, 5.74) is 6.86. The molecule has 22 heavy (non-hydrogen) atoms. The van der Waals surface area contributed by atoms with Gasteiger partial charge >= 0.3 is 0 Å². The Labute approximate surface area is 129 Å². The van der Waals surface area contributed by atoms with Gasteiger partial charge in [0.25, 0.3) is 0 Å². The van der Waals surface area contributed by atoms with Gasteiger partial charge in [0, 0.05) is 32.8 Å². The van der Waals surface area contributed by atoms with E-state index in [0.29, 0.717) is 11.4 Å². The molecule has 1 saturated heterocycles. The highest BCUT2D eigenvalue weighted by molar-refractivity contribution is 5.98. The molecule has 0 radical (unpaired) electrons. The Morgan fingerprint density at radius 1 is 1.50 bits per heavy atom. The number of hydrogen-bond acceptors (Lipinski definition) is 5. The summed E-state index contributed by atoms with van der Waals surface area (Å²) in [6.07, 6.45) is 0. The molecule has 0 saturated carbocycles. The quantitative estimate of drug-likeness (QED) is 0.697. The highest BCUT2D eigenvalue weighted by Crippen LogP contribution is 2.31. The molecule has 1 aromatic rings. The Kier molecular flexibility index (Phi) is 3.79. The predicted octanol–water partition coefficient (Wildman–Crippen LogP) is -0.291. The number of nitrogens with two attached hydrogens (primary N) is 1. The van der Waals surface area contributed by atoms with Crippen molar-refractivity contribution in [3.05, 3.63) is 23.8 Å². The van der Waals surface area contributed by atoms with Gasteiger partial charge < -0.3 is 25.4 Å². The van der Waals surface area contributed by atoms with E-state index in [9.17, 15) is 4.79 Å². The summed E-state index contributed by atoms with van der Waals surface area (Å²) >= 11 is 0. The van der Waals surface area contributed by atoms with Crippen LogP contribution in [0.2, 0.25) is 0 Å². The van der Waals surface area contributed by atoms with Crippen molar-refractivity contribution in [2.24, 2.45) is 5.73 Å². The van der Waals surface area contributed by atoms with Crippen LogP contribution < -0.4 is 20.7 Å². The van der Waals surface area contributed by atoms with Crippen molar-refractivity contribution in [3.63, 3.8) is 0 Å². The van der Waals surface area contributed by atoms with E-state index in [4.69, 9.17) is 15.2 Å². The number of fused-ring (bicyclic) bond motifs is 1. The van der Waals surface area contributed by atoms with E-state index < -0.39 is 11.6 Å². The summed E-state index contributed by atoms with van der Waals surface area (Å²) in [4.78, 5) is 13.6. The maximum atomic E-state index is 12.1. The zero-order valence-corrected chi connectivity index (χ0v) is 12.7. The van der Waals surface area contributed by atoms with Gasteiger partial charge in [-0.25, -0.2) is 0 Å². The third-order valence-corrected chi connectivity index (χ3v) is 4.03. The van der Waals surface area contributed by atoms with Crippen molar-refractivity contribution >= 4 is 11.6 Å². The van der Waals surface area contributed by atoms with Gasteiger partial charge in [-0.1, -0.05) is 11.8 Å². The lowest BCUT2D eigenvalue weighted by atomic mass is 9.97. The molecular weight excluding hydrogens is 282 g/mol. The van der Waals surface area contributed by atoms with Gasteiger partial charge in [-0.2, -0.15) is 0 Å². The van der Waals surface area contributed by atoms with Crippen molar-refractivity contribution in [1.29, 1.82) is 0 Å². The van der Waals surface area contributed by atoms with Crippen molar-refractivity contribution in [1.82, 2.24) is 5.32 Å². The Hall–Kier alpha value is -2.07. The Morgan fingerprint density at radius 2 is 2.27 bits per heavy atom. The lowest BCUT2D eigenvalue weighted by molar-refractivity contribution is -0.119. The molecule has 2 aliphatic rings. The zero-order valence-electron chi connectivity index (χ0n) is 12.7. The molecule has 1 atom stereocenters. The highest BCUT2D eigenvalue weighted by Gasteiger charge is 2.35. The zero-order chi connectivity index (χ0) is 15.7. The summed E-state index contributed by atoms with van der Waals surface area (Å²) in [5, 5.41) is 3.15. The van der Waals surface area contributed by atoms with E-state index in [-0.39, 0.29) is 12.5 Å². The Morgan fingerprint density at radius 3 is 2.91 bits per heavy atom. The van der Waals surface area contributed by atoms with Crippen LogP contribution in [-0.2, 0) is 9.53 Å². The molecule has 1 unspecified atom stereocenters. The third-order valence-electron chi connectivity index (χ3n) is 4.03. The van der Waals surface area contributed by atoms with Gasteiger partial charge in [-0.15, -0.1) is 0 Å². The molecule has 2 aliphatic heterocycles. The van der Waals surface area contributed by atoms with Gasteiger partial charge in [-0.3, -0.25) is 4.79 Å². The molecule has 0 spiro atoms.